The molecule has 0 saturated heterocycles. The summed E-state index contributed by atoms with van der Waals surface area (Å²) >= 11 is 0. The number of benzene rings is 2. The number of fused-ring (bicyclic) bond motifs is 1. The van der Waals surface area contributed by atoms with Gasteiger partial charge in [-0.15, -0.1) is 11.7 Å². The van der Waals surface area contributed by atoms with Crippen LogP contribution in [0.3, 0.4) is 0 Å². The first-order chi connectivity index (χ1) is 12.4. The molecule has 0 radical (unpaired) electrons. The van der Waals surface area contributed by atoms with Gasteiger partial charge in [0.1, 0.15) is 0 Å². The lowest BCUT2D eigenvalue weighted by Crippen LogP contribution is -2.30. The van der Waals surface area contributed by atoms with Crippen molar-refractivity contribution < 1.29 is 18.0 Å². The largest absolute Gasteiger partial charge is 0.417 e. The lowest BCUT2D eigenvalue weighted by Gasteiger charge is -2.13. The van der Waals surface area contributed by atoms with Gasteiger partial charge in [-0.3, -0.25) is 4.79 Å². The number of nitrogens with zero attached hydrogens (tertiary/aromatic N) is 3. The molecule has 3 rings (SSSR count). The molecule has 0 spiro atoms. The third-order valence-electron chi connectivity index (χ3n) is 3.83. The number of carbonyl (C=O) groups excluding carboxylic acids is 1. The van der Waals surface area contributed by atoms with E-state index in [-0.39, 0.29) is 17.2 Å². The summed E-state index contributed by atoms with van der Waals surface area (Å²) in [5.74, 6) is -0.368. The SMILES string of the molecule is C=CCN1C(=O)C(=NN=Cc2ccccc2C(F)(F)F)c2ccccc21. The zero-order chi connectivity index (χ0) is 18.7. The van der Waals surface area contributed by atoms with Crippen molar-refractivity contribution in [2.24, 2.45) is 10.2 Å². The molecule has 1 amide bonds. The van der Waals surface area contributed by atoms with E-state index in [1.165, 1.54) is 23.1 Å². The zero-order valence-electron chi connectivity index (χ0n) is 13.6. The lowest BCUT2D eigenvalue weighted by atomic mass is 10.1. The van der Waals surface area contributed by atoms with Crippen LogP contribution in [0.5, 0.6) is 0 Å². The quantitative estimate of drug-likeness (QED) is 0.462. The fourth-order valence-electron chi connectivity index (χ4n) is 2.69. The van der Waals surface area contributed by atoms with Gasteiger partial charge in [0.2, 0.25) is 0 Å². The number of hydrogen-bond acceptors (Lipinski definition) is 3. The molecule has 4 nitrogen and oxygen atoms in total. The molecule has 0 bridgehead atoms. The maximum atomic E-state index is 13.0. The van der Waals surface area contributed by atoms with E-state index < -0.39 is 11.7 Å². The van der Waals surface area contributed by atoms with Crippen LogP contribution in [0.15, 0.2) is 71.4 Å². The van der Waals surface area contributed by atoms with Crippen molar-refractivity contribution in [3.63, 3.8) is 0 Å². The molecule has 2 aromatic rings. The molecule has 0 unspecified atom stereocenters. The highest BCUT2D eigenvalue weighted by Crippen LogP contribution is 2.31. The second kappa shape index (κ2) is 6.95. The molecule has 1 heterocycles. The number of anilines is 1. The Bertz CT molecular complexity index is 916. The number of halogens is 3. The van der Waals surface area contributed by atoms with E-state index in [1.807, 2.05) is 0 Å². The second-order valence-corrected chi connectivity index (χ2v) is 5.50. The van der Waals surface area contributed by atoms with Crippen molar-refractivity contribution >= 4 is 23.5 Å². The predicted octanol–water partition coefficient (Wildman–Crippen LogP) is 4.06. The summed E-state index contributed by atoms with van der Waals surface area (Å²) in [6, 6.07) is 12.1. The molecular weight excluding hydrogens is 343 g/mol. The Hall–Kier alpha value is -3.22. The summed E-state index contributed by atoms with van der Waals surface area (Å²) in [6.45, 7) is 3.92. The Morgan fingerprint density at radius 2 is 1.77 bits per heavy atom. The first kappa shape index (κ1) is 17.6. The standard InChI is InChI=1S/C19H14F3N3O/c1-2-11-25-16-10-6-4-8-14(16)17(18(25)26)24-23-12-13-7-3-5-9-15(13)19(20,21)22/h2-10,12H,1,11H2. The summed E-state index contributed by atoms with van der Waals surface area (Å²) in [6.07, 6.45) is -1.91. The maximum Gasteiger partial charge on any atom is 0.417 e. The van der Waals surface area contributed by atoms with E-state index in [9.17, 15) is 18.0 Å². The normalized spacial score (nSPS) is 15.7. The summed E-state index contributed by atoms with van der Waals surface area (Å²) in [5.41, 5.74) is 0.409. The number of rotatable bonds is 4. The second-order valence-electron chi connectivity index (χ2n) is 5.50. The molecule has 0 saturated carbocycles. The third-order valence-corrected chi connectivity index (χ3v) is 3.83. The Morgan fingerprint density at radius 3 is 2.50 bits per heavy atom. The average molecular weight is 357 g/mol. The first-order valence-corrected chi connectivity index (χ1v) is 7.73. The van der Waals surface area contributed by atoms with Crippen molar-refractivity contribution in [2.45, 2.75) is 6.18 Å². The molecule has 7 heteroatoms. The molecular formula is C19H14F3N3O. The Balaban J connectivity index is 1.96. The van der Waals surface area contributed by atoms with Crippen LogP contribution in [0.25, 0.3) is 0 Å². The van der Waals surface area contributed by atoms with Crippen molar-refractivity contribution in [2.75, 3.05) is 11.4 Å². The molecule has 132 valence electrons. The molecule has 2 aromatic carbocycles. The molecule has 0 aromatic heterocycles. The fraction of sp³-hybridized carbons (Fsp3) is 0.105. The summed E-state index contributed by atoms with van der Waals surface area (Å²) in [5, 5.41) is 7.62. The van der Waals surface area contributed by atoms with Gasteiger partial charge in [-0.25, -0.2) is 0 Å². The van der Waals surface area contributed by atoms with Crippen LogP contribution in [0.2, 0.25) is 0 Å². The van der Waals surface area contributed by atoms with Crippen molar-refractivity contribution in [3.8, 4) is 0 Å². The molecule has 0 atom stereocenters. The van der Waals surface area contributed by atoms with Gasteiger partial charge in [0.25, 0.3) is 5.91 Å². The first-order valence-electron chi connectivity index (χ1n) is 7.73. The minimum Gasteiger partial charge on any atom is -0.302 e. The van der Waals surface area contributed by atoms with E-state index >= 15 is 0 Å². The summed E-state index contributed by atoms with van der Waals surface area (Å²) in [4.78, 5) is 14.0. The Kier molecular flexibility index (Phi) is 4.71. The number of hydrogen-bond donors (Lipinski definition) is 0. The molecule has 26 heavy (non-hydrogen) atoms. The summed E-state index contributed by atoms with van der Waals surface area (Å²) in [7, 11) is 0. The van der Waals surface area contributed by atoms with Gasteiger partial charge in [-0.1, -0.05) is 42.5 Å². The van der Waals surface area contributed by atoms with Gasteiger partial charge in [-0.05, 0) is 12.1 Å². The highest BCUT2D eigenvalue weighted by Gasteiger charge is 2.34. The number of amides is 1. The molecule has 0 fully saturated rings. The monoisotopic (exact) mass is 357 g/mol. The fourth-order valence-corrected chi connectivity index (χ4v) is 2.69. The smallest absolute Gasteiger partial charge is 0.302 e. The van der Waals surface area contributed by atoms with Crippen molar-refractivity contribution in [1.29, 1.82) is 0 Å². The summed E-state index contributed by atoms with van der Waals surface area (Å²) < 4.78 is 39.0. The van der Waals surface area contributed by atoms with Crippen molar-refractivity contribution in [1.82, 2.24) is 0 Å². The van der Waals surface area contributed by atoms with Gasteiger partial charge in [-0.2, -0.15) is 18.3 Å². The van der Waals surface area contributed by atoms with Gasteiger partial charge < -0.3 is 4.90 Å². The minimum absolute atomic E-state index is 0.0863. The van der Waals surface area contributed by atoms with Gasteiger partial charge >= 0.3 is 6.18 Å². The predicted molar refractivity (Wildman–Crippen MR) is 94.6 cm³/mol. The lowest BCUT2D eigenvalue weighted by molar-refractivity contribution is -0.137. The van der Waals surface area contributed by atoms with Crippen LogP contribution in [0.1, 0.15) is 16.7 Å². The zero-order valence-corrected chi connectivity index (χ0v) is 13.6. The van der Waals surface area contributed by atoms with Crippen LogP contribution in [0.4, 0.5) is 18.9 Å². The van der Waals surface area contributed by atoms with E-state index in [2.05, 4.69) is 16.8 Å². The van der Waals surface area contributed by atoms with Crippen LogP contribution >= 0.6 is 0 Å². The van der Waals surface area contributed by atoms with E-state index in [0.717, 1.165) is 12.3 Å². The molecule has 0 aliphatic carbocycles. The number of alkyl halides is 3. The van der Waals surface area contributed by atoms with E-state index in [0.29, 0.717) is 17.8 Å². The minimum atomic E-state index is -4.49. The Labute approximate surface area is 148 Å². The van der Waals surface area contributed by atoms with Crippen LogP contribution in [-0.2, 0) is 11.0 Å². The van der Waals surface area contributed by atoms with Crippen LogP contribution in [0, 0.1) is 0 Å². The highest BCUT2D eigenvalue weighted by molar-refractivity contribution is 6.54. The van der Waals surface area contributed by atoms with Crippen LogP contribution < -0.4 is 4.90 Å². The number of para-hydroxylation sites is 1. The van der Waals surface area contributed by atoms with E-state index in [4.69, 9.17) is 0 Å². The van der Waals surface area contributed by atoms with Crippen molar-refractivity contribution in [3.05, 3.63) is 77.9 Å². The van der Waals surface area contributed by atoms with Gasteiger partial charge in [0.05, 0.1) is 17.5 Å². The molecule has 1 aliphatic heterocycles. The Morgan fingerprint density at radius 1 is 1.08 bits per heavy atom. The van der Waals surface area contributed by atoms with Gasteiger partial charge in [0, 0.05) is 17.7 Å². The molecule has 1 aliphatic rings. The van der Waals surface area contributed by atoms with Gasteiger partial charge in [0.15, 0.2) is 5.71 Å². The third kappa shape index (κ3) is 3.28. The highest BCUT2D eigenvalue weighted by atomic mass is 19.4. The molecule has 0 N–H and O–H groups in total. The van der Waals surface area contributed by atoms with Crippen LogP contribution in [-0.4, -0.2) is 24.4 Å². The average Bonchev–Trinajstić information content (AvgIpc) is 2.88. The van der Waals surface area contributed by atoms with E-state index in [1.54, 1.807) is 30.3 Å². The number of carbonyl (C=O) groups is 1. The topological polar surface area (TPSA) is 45.0 Å². The maximum absolute atomic E-state index is 13.0.